The standard InChI is InChI=1S/C14H17N3OS/c1-4-9(2)16-13(18)12-10(3)17-14(19-12)11-6-5-7-15-8-11/h5-9H,4H2,1-3H3,(H,16,18)/t9-/m1/s1. The quantitative estimate of drug-likeness (QED) is 0.933. The molecule has 2 rings (SSSR count). The number of nitrogens with zero attached hydrogens (tertiary/aromatic N) is 2. The molecule has 2 aromatic rings. The third kappa shape index (κ3) is 3.17. The van der Waals surface area contributed by atoms with E-state index in [1.807, 2.05) is 32.9 Å². The first-order chi connectivity index (χ1) is 9.11. The van der Waals surface area contributed by atoms with Crippen molar-refractivity contribution in [2.24, 2.45) is 0 Å². The van der Waals surface area contributed by atoms with Crippen molar-refractivity contribution in [2.45, 2.75) is 33.2 Å². The lowest BCUT2D eigenvalue weighted by Crippen LogP contribution is -2.31. The molecule has 0 saturated carbocycles. The monoisotopic (exact) mass is 275 g/mol. The Labute approximate surface area is 116 Å². The Morgan fingerprint density at radius 3 is 2.95 bits per heavy atom. The van der Waals surface area contributed by atoms with E-state index >= 15 is 0 Å². The smallest absolute Gasteiger partial charge is 0.263 e. The second kappa shape index (κ2) is 5.93. The molecule has 0 bridgehead atoms. The summed E-state index contributed by atoms with van der Waals surface area (Å²) in [6.07, 6.45) is 4.40. The molecule has 19 heavy (non-hydrogen) atoms. The first kappa shape index (κ1) is 13.7. The van der Waals surface area contributed by atoms with Crippen LogP contribution in [0.15, 0.2) is 24.5 Å². The molecule has 0 unspecified atom stereocenters. The molecule has 1 N–H and O–H groups in total. The van der Waals surface area contributed by atoms with E-state index in [2.05, 4.69) is 15.3 Å². The number of aromatic nitrogens is 2. The molecule has 0 aliphatic rings. The van der Waals surface area contributed by atoms with Crippen LogP contribution < -0.4 is 5.32 Å². The second-order valence-electron chi connectivity index (χ2n) is 4.46. The van der Waals surface area contributed by atoms with E-state index in [-0.39, 0.29) is 11.9 Å². The Kier molecular flexibility index (Phi) is 4.27. The summed E-state index contributed by atoms with van der Waals surface area (Å²) in [5, 5.41) is 3.80. The van der Waals surface area contributed by atoms with Crippen LogP contribution in [0.3, 0.4) is 0 Å². The summed E-state index contributed by atoms with van der Waals surface area (Å²) in [4.78, 5) is 21.3. The predicted molar refractivity (Wildman–Crippen MR) is 77.3 cm³/mol. The van der Waals surface area contributed by atoms with Gasteiger partial charge in [-0.1, -0.05) is 6.92 Å². The molecule has 0 aliphatic heterocycles. The minimum absolute atomic E-state index is 0.0421. The van der Waals surface area contributed by atoms with Gasteiger partial charge in [0.25, 0.3) is 5.91 Å². The zero-order valence-corrected chi connectivity index (χ0v) is 12.1. The number of rotatable bonds is 4. The molecule has 0 aromatic carbocycles. The predicted octanol–water partition coefficient (Wildman–Crippen LogP) is 3.04. The second-order valence-corrected chi connectivity index (χ2v) is 5.46. The maximum Gasteiger partial charge on any atom is 0.263 e. The van der Waals surface area contributed by atoms with Gasteiger partial charge in [0.1, 0.15) is 9.88 Å². The van der Waals surface area contributed by atoms with E-state index in [1.165, 1.54) is 11.3 Å². The van der Waals surface area contributed by atoms with Crippen molar-refractivity contribution in [3.8, 4) is 10.6 Å². The molecule has 1 amide bonds. The van der Waals surface area contributed by atoms with E-state index in [4.69, 9.17) is 0 Å². The minimum Gasteiger partial charge on any atom is -0.349 e. The van der Waals surface area contributed by atoms with Crippen LogP contribution in [-0.4, -0.2) is 21.9 Å². The Balaban J connectivity index is 2.24. The van der Waals surface area contributed by atoms with Crippen molar-refractivity contribution in [3.05, 3.63) is 35.1 Å². The molecule has 2 heterocycles. The SMILES string of the molecule is CC[C@@H](C)NC(=O)c1sc(-c2cccnc2)nc1C. The van der Waals surface area contributed by atoms with Crippen molar-refractivity contribution in [1.82, 2.24) is 15.3 Å². The number of thiazole rings is 1. The fraction of sp³-hybridized carbons (Fsp3) is 0.357. The largest absolute Gasteiger partial charge is 0.349 e. The fourth-order valence-corrected chi connectivity index (χ4v) is 2.57. The fourth-order valence-electron chi connectivity index (χ4n) is 1.61. The zero-order chi connectivity index (χ0) is 13.8. The van der Waals surface area contributed by atoms with E-state index in [9.17, 15) is 4.79 Å². The van der Waals surface area contributed by atoms with Crippen molar-refractivity contribution < 1.29 is 4.79 Å². The highest BCUT2D eigenvalue weighted by Gasteiger charge is 2.17. The van der Waals surface area contributed by atoms with Crippen LogP contribution in [0.4, 0.5) is 0 Å². The van der Waals surface area contributed by atoms with Gasteiger partial charge >= 0.3 is 0 Å². The zero-order valence-electron chi connectivity index (χ0n) is 11.3. The van der Waals surface area contributed by atoms with Gasteiger partial charge in [0.2, 0.25) is 0 Å². The highest BCUT2D eigenvalue weighted by Crippen LogP contribution is 2.27. The van der Waals surface area contributed by atoms with Gasteiger partial charge in [-0.15, -0.1) is 11.3 Å². The lowest BCUT2D eigenvalue weighted by atomic mass is 10.2. The summed E-state index contributed by atoms with van der Waals surface area (Å²) in [6, 6.07) is 3.99. The van der Waals surface area contributed by atoms with Crippen LogP contribution in [0.5, 0.6) is 0 Å². The summed E-state index contributed by atoms with van der Waals surface area (Å²) in [5.74, 6) is -0.0421. The molecule has 0 fully saturated rings. The van der Waals surface area contributed by atoms with Crippen molar-refractivity contribution in [2.75, 3.05) is 0 Å². The Bertz CT molecular complexity index is 565. The third-order valence-electron chi connectivity index (χ3n) is 2.90. The topological polar surface area (TPSA) is 54.9 Å². The summed E-state index contributed by atoms with van der Waals surface area (Å²) < 4.78 is 0. The van der Waals surface area contributed by atoms with Gasteiger partial charge < -0.3 is 5.32 Å². The molecule has 2 aromatic heterocycles. The number of nitrogens with one attached hydrogen (secondary N) is 1. The number of carbonyl (C=O) groups excluding carboxylic acids is 1. The number of amides is 1. The first-order valence-electron chi connectivity index (χ1n) is 6.30. The lowest BCUT2D eigenvalue weighted by Gasteiger charge is -2.09. The maximum absolute atomic E-state index is 12.1. The minimum atomic E-state index is -0.0421. The van der Waals surface area contributed by atoms with Crippen molar-refractivity contribution in [1.29, 1.82) is 0 Å². The number of hydrogen-bond donors (Lipinski definition) is 1. The number of carbonyl (C=O) groups is 1. The number of hydrogen-bond acceptors (Lipinski definition) is 4. The van der Waals surface area contributed by atoms with Gasteiger partial charge in [-0.25, -0.2) is 4.98 Å². The number of aryl methyl sites for hydroxylation is 1. The molecule has 1 atom stereocenters. The molecular weight excluding hydrogens is 258 g/mol. The van der Waals surface area contributed by atoms with Gasteiger partial charge in [0, 0.05) is 24.0 Å². The normalized spacial score (nSPS) is 12.2. The van der Waals surface area contributed by atoms with Crippen LogP contribution in [0.25, 0.3) is 10.6 Å². The van der Waals surface area contributed by atoms with E-state index in [0.29, 0.717) is 4.88 Å². The molecule has 0 spiro atoms. The molecule has 0 radical (unpaired) electrons. The highest BCUT2D eigenvalue weighted by molar-refractivity contribution is 7.17. The van der Waals surface area contributed by atoms with Gasteiger partial charge in [-0.3, -0.25) is 9.78 Å². The summed E-state index contributed by atoms with van der Waals surface area (Å²) in [5.41, 5.74) is 1.71. The molecule has 0 aliphatic carbocycles. The lowest BCUT2D eigenvalue weighted by molar-refractivity contribution is 0.0942. The molecule has 100 valence electrons. The summed E-state index contributed by atoms with van der Waals surface area (Å²) in [6.45, 7) is 5.91. The summed E-state index contributed by atoms with van der Waals surface area (Å²) in [7, 11) is 0. The number of pyridine rings is 1. The third-order valence-corrected chi connectivity index (χ3v) is 4.11. The molecule has 4 nitrogen and oxygen atoms in total. The van der Waals surface area contributed by atoms with Gasteiger partial charge in [-0.05, 0) is 32.4 Å². The van der Waals surface area contributed by atoms with Crippen LogP contribution in [0.2, 0.25) is 0 Å². The Hall–Kier alpha value is -1.75. The van der Waals surface area contributed by atoms with Gasteiger partial charge in [0.15, 0.2) is 0 Å². The van der Waals surface area contributed by atoms with Gasteiger partial charge in [-0.2, -0.15) is 0 Å². The molecular formula is C14H17N3OS. The van der Waals surface area contributed by atoms with Crippen molar-refractivity contribution >= 4 is 17.2 Å². The summed E-state index contributed by atoms with van der Waals surface area (Å²) >= 11 is 1.41. The van der Waals surface area contributed by atoms with E-state index < -0.39 is 0 Å². The average Bonchev–Trinajstić information content (AvgIpc) is 2.81. The Morgan fingerprint density at radius 1 is 1.53 bits per heavy atom. The van der Waals surface area contributed by atoms with E-state index in [0.717, 1.165) is 22.7 Å². The molecule has 0 saturated heterocycles. The van der Waals surface area contributed by atoms with Crippen LogP contribution in [0, 0.1) is 6.92 Å². The van der Waals surface area contributed by atoms with Crippen molar-refractivity contribution in [3.63, 3.8) is 0 Å². The molecule has 5 heteroatoms. The Morgan fingerprint density at radius 2 is 2.32 bits per heavy atom. The van der Waals surface area contributed by atoms with Crippen LogP contribution in [-0.2, 0) is 0 Å². The van der Waals surface area contributed by atoms with Crippen LogP contribution in [0.1, 0.15) is 35.6 Å². The average molecular weight is 275 g/mol. The maximum atomic E-state index is 12.1. The highest BCUT2D eigenvalue weighted by atomic mass is 32.1. The van der Waals surface area contributed by atoms with E-state index in [1.54, 1.807) is 12.4 Å². The first-order valence-corrected chi connectivity index (χ1v) is 7.12. The van der Waals surface area contributed by atoms with Gasteiger partial charge in [0.05, 0.1) is 5.69 Å². The van der Waals surface area contributed by atoms with Crippen LogP contribution >= 0.6 is 11.3 Å².